The molecule has 7 nitrogen and oxygen atoms in total. The molecule has 0 aliphatic heterocycles. The van der Waals surface area contributed by atoms with Crippen molar-refractivity contribution in [2.75, 3.05) is 26.1 Å². The molecular weight excluding hydrogens is 435 g/mol. The Morgan fingerprint density at radius 3 is 2.28 bits per heavy atom. The average Bonchev–Trinajstić information content (AvgIpc) is 2.80. The van der Waals surface area contributed by atoms with Crippen molar-refractivity contribution < 1.29 is 27.1 Å². The van der Waals surface area contributed by atoms with Gasteiger partial charge in [0, 0.05) is 18.3 Å². The van der Waals surface area contributed by atoms with Crippen molar-refractivity contribution in [3.05, 3.63) is 84.2 Å². The van der Waals surface area contributed by atoms with E-state index in [4.69, 9.17) is 9.47 Å². The molecule has 0 bridgehead atoms. The number of halogens is 1. The highest BCUT2D eigenvalue weighted by Gasteiger charge is 2.30. The summed E-state index contributed by atoms with van der Waals surface area (Å²) in [7, 11) is -1.31. The summed E-state index contributed by atoms with van der Waals surface area (Å²) >= 11 is 0. The molecule has 168 valence electrons. The van der Waals surface area contributed by atoms with Gasteiger partial charge in [-0.15, -0.1) is 0 Å². The smallest absolute Gasteiger partial charge is 0.247 e. The van der Waals surface area contributed by atoms with Crippen LogP contribution in [0, 0.1) is 5.82 Å². The summed E-state index contributed by atoms with van der Waals surface area (Å²) in [5.74, 6) is -0.475. The van der Waals surface area contributed by atoms with E-state index in [-0.39, 0.29) is 17.2 Å². The van der Waals surface area contributed by atoms with Gasteiger partial charge in [-0.3, -0.25) is 4.79 Å². The van der Waals surface area contributed by atoms with Crippen molar-refractivity contribution >= 4 is 21.6 Å². The van der Waals surface area contributed by atoms with Crippen LogP contribution in [0.1, 0.15) is 5.56 Å². The minimum absolute atomic E-state index is 0.0325. The molecule has 0 aromatic heterocycles. The van der Waals surface area contributed by atoms with Gasteiger partial charge in [-0.1, -0.05) is 30.3 Å². The Balaban J connectivity index is 1.92. The SMILES string of the molecule is COc1ccc(S(=O)(=O)N(CC(=O)Nc2ccc(F)cc2)Cc2ccccc2)c(OC)c1. The van der Waals surface area contributed by atoms with Crippen molar-refractivity contribution in [3.63, 3.8) is 0 Å². The number of amides is 1. The average molecular weight is 459 g/mol. The van der Waals surface area contributed by atoms with Crippen LogP contribution < -0.4 is 14.8 Å². The molecule has 1 amide bonds. The fourth-order valence-corrected chi connectivity index (χ4v) is 4.55. The fraction of sp³-hybridized carbons (Fsp3) is 0.174. The number of nitrogens with zero attached hydrogens (tertiary/aromatic N) is 1. The molecule has 3 aromatic rings. The first-order valence-electron chi connectivity index (χ1n) is 9.65. The van der Waals surface area contributed by atoms with Gasteiger partial charge in [-0.2, -0.15) is 4.31 Å². The maximum atomic E-state index is 13.5. The highest BCUT2D eigenvalue weighted by Crippen LogP contribution is 2.31. The third kappa shape index (κ3) is 5.63. The van der Waals surface area contributed by atoms with E-state index >= 15 is 0 Å². The van der Waals surface area contributed by atoms with Gasteiger partial charge < -0.3 is 14.8 Å². The van der Waals surface area contributed by atoms with E-state index in [2.05, 4.69) is 5.32 Å². The third-order valence-corrected chi connectivity index (χ3v) is 6.47. The number of hydrogen-bond acceptors (Lipinski definition) is 5. The fourth-order valence-electron chi connectivity index (χ4n) is 3.03. The number of hydrogen-bond donors (Lipinski definition) is 1. The number of sulfonamides is 1. The molecular formula is C23H23FN2O5S. The first-order chi connectivity index (χ1) is 15.3. The summed E-state index contributed by atoms with van der Waals surface area (Å²) in [6.07, 6.45) is 0. The van der Waals surface area contributed by atoms with Gasteiger partial charge in [0.2, 0.25) is 15.9 Å². The zero-order valence-electron chi connectivity index (χ0n) is 17.6. The van der Waals surface area contributed by atoms with Crippen LogP contribution in [-0.4, -0.2) is 39.4 Å². The topological polar surface area (TPSA) is 84.9 Å². The van der Waals surface area contributed by atoms with E-state index in [1.165, 1.54) is 56.7 Å². The Bertz CT molecular complexity index is 1170. The molecule has 0 aliphatic rings. The van der Waals surface area contributed by atoms with Gasteiger partial charge in [0.15, 0.2) is 0 Å². The van der Waals surface area contributed by atoms with Crippen molar-refractivity contribution in [3.8, 4) is 11.5 Å². The van der Waals surface area contributed by atoms with Gasteiger partial charge in [0.1, 0.15) is 22.2 Å². The molecule has 0 fully saturated rings. The van der Waals surface area contributed by atoms with E-state index < -0.39 is 28.3 Å². The monoisotopic (exact) mass is 458 g/mol. The Hall–Kier alpha value is -3.43. The maximum Gasteiger partial charge on any atom is 0.247 e. The van der Waals surface area contributed by atoms with Crippen LogP contribution in [0.4, 0.5) is 10.1 Å². The molecule has 9 heteroatoms. The third-order valence-electron chi connectivity index (χ3n) is 4.64. The lowest BCUT2D eigenvalue weighted by molar-refractivity contribution is -0.116. The number of ether oxygens (including phenoxy) is 2. The number of anilines is 1. The highest BCUT2D eigenvalue weighted by molar-refractivity contribution is 7.89. The Labute approximate surface area is 186 Å². The minimum Gasteiger partial charge on any atom is -0.497 e. The maximum absolute atomic E-state index is 13.5. The molecule has 32 heavy (non-hydrogen) atoms. The molecule has 3 rings (SSSR count). The number of benzene rings is 3. The molecule has 0 saturated carbocycles. The number of rotatable bonds is 9. The number of carbonyl (C=O) groups excluding carboxylic acids is 1. The highest BCUT2D eigenvalue weighted by atomic mass is 32.2. The second kappa shape index (κ2) is 10.3. The van der Waals surface area contributed by atoms with Gasteiger partial charge in [-0.25, -0.2) is 12.8 Å². The lowest BCUT2D eigenvalue weighted by atomic mass is 10.2. The molecule has 0 aliphatic carbocycles. The van der Waals surface area contributed by atoms with Crippen LogP contribution in [-0.2, 0) is 21.4 Å². The summed E-state index contributed by atoms with van der Waals surface area (Å²) < 4.78 is 51.6. The summed E-state index contributed by atoms with van der Waals surface area (Å²) in [6.45, 7) is -0.487. The standard InChI is InChI=1S/C23H23FN2O5S/c1-30-20-12-13-22(21(14-20)31-2)32(28,29)26(15-17-6-4-3-5-7-17)16-23(27)25-19-10-8-18(24)9-11-19/h3-14H,15-16H2,1-2H3,(H,25,27). The predicted molar refractivity (Wildman–Crippen MR) is 119 cm³/mol. The minimum atomic E-state index is -4.13. The number of nitrogens with one attached hydrogen (secondary N) is 1. The Morgan fingerprint density at radius 1 is 0.969 bits per heavy atom. The van der Waals surface area contributed by atoms with Crippen LogP contribution in [0.15, 0.2) is 77.7 Å². The van der Waals surface area contributed by atoms with Crippen LogP contribution >= 0.6 is 0 Å². The van der Waals surface area contributed by atoms with E-state index in [1.54, 1.807) is 24.3 Å². The quantitative estimate of drug-likeness (QED) is 0.529. The molecule has 0 unspecified atom stereocenters. The molecule has 3 aromatic carbocycles. The molecule has 0 heterocycles. The van der Waals surface area contributed by atoms with E-state index in [1.807, 2.05) is 6.07 Å². The summed E-state index contributed by atoms with van der Waals surface area (Å²) in [5, 5.41) is 2.59. The Kier molecular flexibility index (Phi) is 7.45. The summed E-state index contributed by atoms with van der Waals surface area (Å²) in [4.78, 5) is 12.6. The predicted octanol–water partition coefficient (Wildman–Crippen LogP) is 3.67. The molecule has 0 spiro atoms. The van der Waals surface area contributed by atoms with Gasteiger partial charge >= 0.3 is 0 Å². The van der Waals surface area contributed by atoms with E-state index in [0.29, 0.717) is 17.0 Å². The van der Waals surface area contributed by atoms with Gasteiger partial charge in [-0.05, 0) is 42.0 Å². The second-order valence-electron chi connectivity index (χ2n) is 6.83. The zero-order chi connectivity index (χ0) is 23.1. The number of methoxy groups -OCH3 is 2. The lowest BCUT2D eigenvalue weighted by Gasteiger charge is -2.23. The normalized spacial score (nSPS) is 11.2. The van der Waals surface area contributed by atoms with Crippen molar-refractivity contribution in [2.45, 2.75) is 11.4 Å². The molecule has 1 N–H and O–H groups in total. The van der Waals surface area contributed by atoms with Crippen LogP contribution in [0.2, 0.25) is 0 Å². The van der Waals surface area contributed by atoms with Gasteiger partial charge in [0.25, 0.3) is 0 Å². The van der Waals surface area contributed by atoms with Crippen LogP contribution in [0.3, 0.4) is 0 Å². The van der Waals surface area contributed by atoms with E-state index in [9.17, 15) is 17.6 Å². The molecule has 0 saturated heterocycles. The summed E-state index contributed by atoms with van der Waals surface area (Å²) in [5.41, 5.74) is 1.06. The lowest BCUT2D eigenvalue weighted by Crippen LogP contribution is -2.37. The van der Waals surface area contributed by atoms with Gasteiger partial charge in [0.05, 0.1) is 20.8 Å². The second-order valence-corrected chi connectivity index (χ2v) is 8.74. The molecule has 0 radical (unpaired) electrons. The van der Waals surface area contributed by atoms with Crippen molar-refractivity contribution in [1.29, 1.82) is 0 Å². The van der Waals surface area contributed by atoms with Crippen LogP contribution in [0.25, 0.3) is 0 Å². The summed E-state index contributed by atoms with van der Waals surface area (Å²) in [6, 6.07) is 18.5. The number of carbonyl (C=O) groups is 1. The first-order valence-corrected chi connectivity index (χ1v) is 11.1. The largest absolute Gasteiger partial charge is 0.497 e. The zero-order valence-corrected chi connectivity index (χ0v) is 18.4. The molecule has 0 atom stereocenters. The Morgan fingerprint density at radius 2 is 1.66 bits per heavy atom. The van der Waals surface area contributed by atoms with Crippen LogP contribution in [0.5, 0.6) is 11.5 Å². The van der Waals surface area contributed by atoms with E-state index in [0.717, 1.165) is 4.31 Å². The first kappa shape index (κ1) is 23.2. The van der Waals surface area contributed by atoms with Crippen molar-refractivity contribution in [1.82, 2.24) is 4.31 Å². The van der Waals surface area contributed by atoms with Crippen molar-refractivity contribution in [2.24, 2.45) is 0 Å².